The zero-order valence-corrected chi connectivity index (χ0v) is 28.1. The maximum atomic E-state index is 13.4. The van der Waals surface area contributed by atoms with Crippen LogP contribution in [0.15, 0.2) is 103 Å². The Morgan fingerprint density at radius 3 is 2.10 bits per heavy atom. The molecule has 12 heteroatoms. The molecule has 0 spiro atoms. The lowest BCUT2D eigenvalue weighted by atomic mass is 10.0. The van der Waals surface area contributed by atoms with Gasteiger partial charge in [0.15, 0.2) is 0 Å². The van der Waals surface area contributed by atoms with Crippen molar-refractivity contribution in [1.82, 2.24) is 15.1 Å². The number of amides is 2. The molecular weight excluding hydrogens is 663 g/mol. The summed E-state index contributed by atoms with van der Waals surface area (Å²) in [5.74, 6) is -2.69. The maximum absolute atomic E-state index is 13.4. The van der Waals surface area contributed by atoms with Crippen LogP contribution in [0.25, 0.3) is 11.1 Å². The quantitative estimate of drug-likeness (QED) is 0.141. The third-order valence-electron chi connectivity index (χ3n) is 8.21. The second-order valence-electron chi connectivity index (χ2n) is 12.1. The Kier molecular flexibility index (Phi) is 14.6. The number of hydrogen-bond acceptors (Lipinski definition) is 6. The molecule has 3 N–H and O–H groups in total. The Morgan fingerprint density at radius 1 is 0.804 bits per heavy atom. The average Bonchev–Trinajstić information content (AvgIpc) is 3.65. The van der Waals surface area contributed by atoms with Gasteiger partial charge in [-0.3, -0.25) is 9.59 Å². The summed E-state index contributed by atoms with van der Waals surface area (Å²) >= 11 is 0. The van der Waals surface area contributed by atoms with Crippen LogP contribution in [0, 0.1) is 0 Å². The molecule has 4 aromatic carbocycles. The van der Waals surface area contributed by atoms with Crippen LogP contribution in [0.1, 0.15) is 39.9 Å². The van der Waals surface area contributed by atoms with Crippen molar-refractivity contribution >= 4 is 17.8 Å². The summed E-state index contributed by atoms with van der Waals surface area (Å²) in [6.45, 7) is 5.04. The molecule has 270 valence electrons. The topological polar surface area (TPSA) is 119 Å². The molecular formula is C39H42F3N3O6. The maximum Gasteiger partial charge on any atom is 0.490 e. The van der Waals surface area contributed by atoms with Crippen molar-refractivity contribution in [3.8, 4) is 16.9 Å². The highest BCUT2D eigenvalue weighted by atomic mass is 19.4. The molecule has 1 fully saturated rings. The Bertz CT molecular complexity index is 1710. The molecule has 2 amide bonds. The van der Waals surface area contributed by atoms with Gasteiger partial charge in [-0.2, -0.15) is 13.2 Å². The van der Waals surface area contributed by atoms with Gasteiger partial charge in [-0.15, -0.1) is 0 Å². The largest absolute Gasteiger partial charge is 0.508 e. The lowest BCUT2D eigenvalue weighted by Gasteiger charge is -2.23. The summed E-state index contributed by atoms with van der Waals surface area (Å²) in [4.78, 5) is 39.3. The molecule has 1 aliphatic rings. The van der Waals surface area contributed by atoms with Gasteiger partial charge in [0.1, 0.15) is 12.4 Å². The molecule has 1 aliphatic heterocycles. The van der Waals surface area contributed by atoms with E-state index in [2.05, 4.69) is 16.3 Å². The van der Waals surface area contributed by atoms with Gasteiger partial charge in [-0.25, -0.2) is 4.79 Å². The highest BCUT2D eigenvalue weighted by Crippen LogP contribution is 2.23. The number of benzene rings is 4. The van der Waals surface area contributed by atoms with Crippen LogP contribution in [0.5, 0.6) is 5.75 Å². The van der Waals surface area contributed by atoms with E-state index in [-0.39, 0.29) is 24.2 Å². The van der Waals surface area contributed by atoms with E-state index in [9.17, 15) is 27.9 Å². The number of hydrogen-bond donors (Lipinski definition) is 3. The number of alkyl halides is 3. The van der Waals surface area contributed by atoms with Gasteiger partial charge in [0.2, 0.25) is 5.91 Å². The fourth-order valence-electron chi connectivity index (χ4n) is 5.49. The zero-order valence-electron chi connectivity index (χ0n) is 28.1. The summed E-state index contributed by atoms with van der Waals surface area (Å²) in [6, 6.07) is 32.7. The van der Waals surface area contributed by atoms with E-state index >= 15 is 0 Å². The van der Waals surface area contributed by atoms with Crippen molar-refractivity contribution in [3.63, 3.8) is 0 Å². The average molecular weight is 706 g/mol. The van der Waals surface area contributed by atoms with Crippen LogP contribution in [-0.4, -0.2) is 83.3 Å². The van der Waals surface area contributed by atoms with Crippen LogP contribution < -0.4 is 5.32 Å². The molecule has 0 bridgehead atoms. The first-order valence-corrected chi connectivity index (χ1v) is 16.7. The van der Waals surface area contributed by atoms with E-state index in [1.165, 1.54) is 12.8 Å². The summed E-state index contributed by atoms with van der Waals surface area (Å²) in [7, 11) is 0. The number of halogens is 3. The lowest BCUT2D eigenvalue weighted by molar-refractivity contribution is -0.192. The summed E-state index contributed by atoms with van der Waals surface area (Å²) in [6.07, 6.45) is -1.96. The minimum Gasteiger partial charge on any atom is -0.508 e. The zero-order chi connectivity index (χ0) is 36.6. The van der Waals surface area contributed by atoms with Crippen molar-refractivity contribution in [2.24, 2.45) is 0 Å². The van der Waals surface area contributed by atoms with Gasteiger partial charge >= 0.3 is 12.1 Å². The van der Waals surface area contributed by atoms with E-state index < -0.39 is 12.1 Å². The predicted octanol–water partition coefficient (Wildman–Crippen LogP) is 6.31. The second kappa shape index (κ2) is 19.3. The Balaban J connectivity index is 0.000000755. The number of nitrogens with zero attached hydrogens (tertiary/aromatic N) is 2. The number of aromatic hydroxyl groups is 1. The number of ether oxygens (including phenoxy) is 1. The number of carboxylic acids is 1. The van der Waals surface area contributed by atoms with Gasteiger partial charge in [-0.1, -0.05) is 72.8 Å². The molecule has 0 aliphatic carbocycles. The van der Waals surface area contributed by atoms with Gasteiger partial charge in [0.25, 0.3) is 5.91 Å². The number of nitrogens with one attached hydrogen (secondary N) is 1. The van der Waals surface area contributed by atoms with Gasteiger partial charge < -0.3 is 30.1 Å². The fraction of sp³-hybridized carbons (Fsp3) is 0.308. The van der Waals surface area contributed by atoms with Crippen molar-refractivity contribution < 1.29 is 42.5 Å². The molecule has 51 heavy (non-hydrogen) atoms. The first-order chi connectivity index (χ1) is 24.5. The molecule has 0 saturated carbocycles. The number of phenolic OH excluding ortho intramolecular Hbond substituents is 1. The minimum absolute atomic E-state index is 0.0148. The number of rotatable bonds is 14. The smallest absolute Gasteiger partial charge is 0.490 e. The van der Waals surface area contributed by atoms with Gasteiger partial charge in [-0.05, 0) is 90.5 Å². The number of phenols is 1. The fourth-order valence-corrected chi connectivity index (χ4v) is 5.49. The summed E-state index contributed by atoms with van der Waals surface area (Å²) < 4.78 is 37.5. The standard InChI is InChI=1S/C37H41N3O4.C2HF3O2/c41-35-16-14-29(15-17-35)18-22-40(36(42)28-44-27-30-8-2-1-3-9-30)26-31-10-6-11-32(24-31)33-12-7-13-34(25-33)37(43)38-19-23-39-20-4-5-21-39;3-2(4,5)1(6)7/h1-3,6-17,24-25,41H,4-5,18-23,26-28H2,(H,38,43);(H,6,7). The molecule has 0 radical (unpaired) electrons. The lowest BCUT2D eigenvalue weighted by Crippen LogP contribution is -2.35. The number of carboxylic acid groups (broad SMARTS) is 1. The second-order valence-corrected chi connectivity index (χ2v) is 12.1. The SMILES string of the molecule is O=C(NCCN1CCCC1)c1cccc(-c2cccc(CN(CCc3ccc(O)cc3)C(=O)COCc3ccccc3)c2)c1.O=C(O)C(F)(F)F. The Morgan fingerprint density at radius 2 is 1.43 bits per heavy atom. The van der Waals surface area contributed by atoms with Crippen molar-refractivity contribution in [2.45, 2.75) is 38.6 Å². The summed E-state index contributed by atoms with van der Waals surface area (Å²) in [5.41, 5.74) is 5.62. The number of aliphatic carboxylic acids is 1. The van der Waals surface area contributed by atoms with Crippen LogP contribution in [0.2, 0.25) is 0 Å². The van der Waals surface area contributed by atoms with E-state index in [0.717, 1.165) is 47.5 Å². The monoisotopic (exact) mass is 705 g/mol. The highest BCUT2D eigenvalue weighted by Gasteiger charge is 2.38. The number of likely N-dealkylation sites (tertiary alicyclic amines) is 1. The minimum atomic E-state index is -5.08. The molecule has 1 heterocycles. The Hall–Kier alpha value is -5.20. The van der Waals surface area contributed by atoms with Gasteiger partial charge in [0, 0.05) is 31.7 Å². The van der Waals surface area contributed by atoms with E-state index in [1.54, 1.807) is 12.1 Å². The van der Waals surface area contributed by atoms with E-state index in [4.69, 9.17) is 14.6 Å². The van der Waals surface area contributed by atoms with Crippen molar-refractivity contribution in [2.75, 3.05) is 39.3 Å². The molecule has 1 saturated heterocycles. The van der Waals surface area contributed by atoms with Crippen molar-refractivity contribution in [1.29, 1.82) is 0 Å². The normalized spacial score (nSPS) is 12.8. The first kappa shape index (κ1) is 38.6. The highest BCUT2D eigenvalue weighted by molar-refractivity contribution is 5.95. The molecule has 0 unspecified atom stereocenters. The Labute approximate surface area is 295 Å². The molecule has 0 atom stereocenters. The third kappa shape index (κ3) is 13.2. The molecule has 5 rings (SSSR count). The van der Waals surface area contributed by atoms with Crippen LogP contribution >= 0.6 is 0 Å². The van der Waals surface area contributed by atoms with E-state index in [1.807, 2.05) is 89.8 Å². The van der Waals surface area contributed by atoms with E-state index in [0.29, 0.717) is 38.2 Å². The van der Waals surface area contributed by atoms with Crippen LogP contribution in [0.4, 0.5) is 13.2 Å². The van der Waals surface area contributed by atoms with Crippen LogP contribution in [-0.2, 0) is 33.9 Å². The number of carbonyl (C=O) groups is 3. The van der Waals surface area contributed by atoms with Crippen molar-refractivity contribution in [3.05, 3.63) is 125 Å². The number of carbonyl (C=O) groups excluding carboxylic acids is 2. The summed E-state index contributed by atoms with van der Waals surface area (Å²) in [5, 5.41) is 19.8. The third-order valence-corrected chi connectivity index (χ3v) is 8.21. The van der Waals surface area contributed by atoms with Crippen LogP contribution in [0.3, 0.4) is 0 Å². The molecule has 4 aromatic rings. The molecule has 9 nitrogen and oxygen atoms in total. The first-order valence-electron chi connectivity index (χ1n) is 16.7. The van der Waals surface area contributed by atoms with Gasteiger partial charge in [0.05, 0.1) is 6.61 Å². The predicted molar refractivity (Wildman–Crippen MR) is 187 cm³/mol. The molecule has 0 aromatic heterocycles.